The minimum Gasteiger partial charge on any atom is -0.392 e. The van der Waals surface area contributed by atoms with E-state index < -0.39 is 10.8 Å². The van der Waals surface area contributed by atoms with Crippen LogP contribution in [0.2, 0.25) is 0 Å². The summed E-state index contributed by atoms with van der Waals surface area (Å²) >= 11 is 0. The molecule has 0 aromatic heterocycles. The van der Waals surface area contributed by atoms with Crippen molar-refractivity contribution < 1.29 is 9.32 Å². The van der Waals surface area contributed by atoms with Crippen molar-refractivity contribution in [3.63, 3.8) is 0 Å². The molecule has 1 saturated heterocycles. The van der Waals surface area contributed by atoms with E-state index in [1.165, 1.54) is 0 Å². The summed E-state index contributed by atoms with van der Waals surface area (Å²) in [6.07, 6.45) is 1.26. The second kappa shape index (κ2) is 5.34. The lowest BCUT2D eigenvalue weighted by molar-refractivity contribution is 0.192. The molecule has 0 aromatic carbocycles. The molecule has 0 bridgehead atoms. The van der Waals surface area contributed by atoms with Gasteiger partial charge >= 0.3 is 0 Å². The van der Waals surface area contributed by atoms with E-state index in [0.29, 0.717) is 6.54 Å². The number of rotatable bonds is 3. The summed E-state index contributed by atoms with van der Waals surface area (Å²) in [4.78, 5) is 0. The third-order valence-corrected chi connectivity index (χ3v) is 3.18. The maximum atomic E-state index is 11.0. The van der Waals surface area contributed by atoms with Crippen LogP contribution in [0, 0.1) is 0 Å². The molecule has 1 heterocycles. The van der Waals surface area contributed by atoms with Crippen molar-refractivity contribution in [2.75, 3.05) is 18.1 Å². The van der Waals surface area contributed by atoms with Gasteiger partial charge in [0, 0.05) is 28.0 Å². The highest BCUT2D eigenvalue weighted by Crippen LogP contribution is 2.04. The number of hydrazone groups is 1. The van der Waals surface area contributed by atoms with Crippen LogP contribution in [0.4, 0.5) is 0 Å². The van der Waals surface area contributed by atoms with E-state index in [-0.39, 0.29) is 6.10 Å². The summed E-state index contributed by atoms with van der Waals surface area (Å²) in [5.74, 6) is 1.46. The second-order valence-electron chi connectivity index (χ2n) is 3.24. The molecule has 1 unspecified atom stereocenters. The van der Waals surface area contributed by atoms with Crippen LogP contribution in [0.1, 0.15) is 19.8 Å². The zero-order valence-corrected chi connectivity index (χ0v) is 8.64. The highest BCUT2D eigenvalue weighted by atomic mass is 32.2. The van der Waals surface area contributed by atoms with Gasteiger partial charge in [0.15, 0.2) is 0 Å². The van der Waals surface area contributed by atoms with E-state index in [4.69, 9.17) is 5.11 Å². The second-order valence-corrected chi connectivity index (χ2v) is 4.93. The van der Waals surface area contributed by atoms with E-state index in [1.807, 2.05) is 0 Å². The molecule has 0 aromatic rings. The summed E-state index contributed by atoms with van der Waals surface area (Å²) in [7, 11) is -0.633. The molecule has 1 fully saturated rings. The first kappa shape index (κ1) is 10.7. The molecule has 4 nitrogen and oxygen atoms in total. The van der Waals surface area contributed by atoms with Crippen molar-refractivity contribution in [3.8, 4) is 0 Å². The van der Waals surface area contributed by atoms with Gasteiger partial charge in [-0.3, -0.25) is 4.21 Å². The lowest BCUT2D eigenvalue weighted by atomic mass is 10.2. The predicted octanol–water partition coefficient (Wildman–Crippen LogP) is -0.145. The topological polar surface area (TPSA) is 61.7 Å². The zero-order valence-electron chi connectivity index (χ0n) is 7.82. The monoisotopic (exact) mass is 204 g/mol. The Morgan fingerprint density at radius 3 is 2.77 bits per heavy atom. The number of hydrogen-bond donors (Lipinski definition) is 2. The highest BCUT2D eigenvalue weighted by molar-refractivity contribution is 7.85. The van der Waals surface area contributed by atoms with E-state index in [9.17, 15) is 4.21 Å². The minimum atomic E-state index is -0.633. The van der Waals surface area contributed by atoms with Gasteiger partial charge in [-0.2, -0.15) is 5.10 Å². The number of hydrogen-bond acceptors (Lipinski definition) is 4. The van der Waals surface area contributed by atoms with Crippen LogP contribution in [-0.4, -0.2) is 39.2 Å². The van der Waals surface area contributed by atoms with E-state index >= 15 is 0 Å². The van der Waals surface area contributed by atoms with E-state index in [2.05, 4.69) is 10.5 Å². The summed E-state index contributed by atoms with van der Waals surface area (Å²) in [6, 6.07) is 0. The fourth-order valence-corrected chi connectivity index (χ4v) is 2.22. The third kappa shape index (κ3) is 4.38. The molecule has 1 atom stereocenters. The van der Waals surface area contributed by atoms with Gasteiger partial charge in [-0.05, 0) is 19.8 Å². The van der Waals surface area contributed by atoms with Gasteiger partial charge in [0.1, 0.15) is 0 Å². The summed E-state index contributed by atoms with van der Waals surface area (Å²) in [5.41, 5.74) is 3.88. The average molecular weight is 204 g/mol. The van der Waals surface area contributed by atoms with Gasteiger partial charge in [-0.1, -0.05) is 0 Å². The van der Waals surface area contributed by atoms with Gasteiger partial charge in [0.05, 0.1) is 12.6 Å². The van der Waals surface area contributed by atoms with E-state index in [1.54, 1.807) is 6.92 Å². The number of nitrogens with zero attached hydrogens (tertiary/aromatic N) is 1. The average Bonchev–Trinajstić information content (AvgIpc) is 2.08. The molecule has 1 aliphatic heterocycles. The molecule has 0 spiro atoms. The zero-order chi connectivity index (χ0) is 9.68. The highest BCUT2D eigenvalue weighted by Gasteiger charge is 2.12. The molecule has 13 heavy (non-hydrogen) atoms. The van der Waals surface area contributed by atoms with Gasteiger partial charge in [0.2, 0.25) is 0 Å². The fourth-order valence-electron chi connectivity index (χ4n) is 1.09. The van der Waals surface area contributed by atoms with Gasteiger partial charge < -0.3 is 10.5 Å². The molecule has 0 radical (unpaired) electrons. The Hall–Kier alpha value is -0.420. The van der Waals surface area contributed by atoms with Crippen LogP contribution < -0.4 is 5.43 Å². The van der Waals surface area contributed by atoms with Crippen LogP contribution in [0.15, 0.2) is 5.10 Å². The van der Waals surface area contributed by atoms with Crippen molar-refractivity contribution in [1.82, 2.24) is 5.43 Å². The van der Waals surface area contributed by atoms with Crippen LogP contribution in [-0.2, 0) is 10.8 Å². The number of nitrogens with one attached hydrogen (secondary N) is 1. The van der Waals surface area contributed by atoms with Gasteiger partial charge in [-0.15, -0.1) is 0 Å². The molecule has 0 saturated carbocycles. The fraction of sp³-hybridized carbons (Fsp3) is 0.875. The summed E-state index contributed by atoms with van der Waals surface area (Å²) in [6.45, 7) is 2.19. The lowest BCUT2D eigenvalue weighted by Crippen LogP contribution is -2.24. The molecule has 1 rings (SSSR count). The van der Waals surface area contributed by atoms with Crippen molar-refractivity contribution >= 4 is 16.5 Å². The Bertz CT molecular complexity index is 204. The first-order chi connectivity index (χ1) is 6.18. The van der Waals surface area contributed by atoms with Crippen LogP contribution in [0.3, 0.4) is 0 Å². The maximum Gasteiger partial charge on any atom is 0.0701 e. The molecule has 0 amide bonds. The van der Waals surface area contributed by atoms with Crippen molar-refractivity contribution in [2.24, 2.45) is 5.10 Å². The number of aliphatic hydroxyl groups is 1. The molecule has 2 N–H and O–H groups in total. The smallest absolute Gasteiger partial charge is 0.0701 e. The lowest BCUT2D eigenvalue weighted by Gasteiger charge is -2.12. The Morgan fingerprint density at radius 2 is 2.23 bits per heavy atom. The normalized spacial score (nSPS) is 25.4. The van der Waals surface area contributed by atoms with E-state index in [0.717, 1.165) is 30.1 Å². The van der Waals surface area contributed by atoms with Crippen molar-refractivity contribution in [2.45, 2.75) is 25.9 Å². The van der Waals surface area contributed by atoms with Crippen LogP contribution >= 0.6 is 0 Å². The first-order valence-corrected chi connectivity index (χ1v) is 5.98. The molecule has 76 valence electrons. The number of aliphatic hydroxyl groups excluding tert-OH is 1. The van der Waals surface area contributed by atoms with Crippen LogP contribution in [0.25, 0.3) is 0 Å². The largest absolute Gasteiger partial charge is 0.392 e. The molecule has 5 heteroatoms. The molecule has 1 aliphatic rings. The Morgan fingerprint density at radius 1 is 1.62 bits per heavy atom. The summed E-state index contributed by atoms with van der Waals surface area (Å²) < 4.78 is 11.0. The summed E-state index contributed by atoms with van der Waals surface area (Å²) in [5, 5.41) is 13.1. The van der Waals surface area contributed by atoms with Crippen molar-refractivity contribution in [3.05, 3.63) is 0 Å². The van der Waals surface area contributed by atoms with Gasteiger partial charge in [0.25, 0.3) is 0 Å². The third-order valence-electron chi connectivity index (χ3n) is 1.86. The molecule has 0 aliphatic carbocycles. The van der Waals surface area contributed by atoms with Crippen molar-refractivity contribution in [1.29, 1.82) is 0 Å². The Balaban J connectivity index is 2.23. The Kier molecular flexibility index (Phi) is 4.38. The minimum absolute atomic E-state index is 0.373. The standard InChI is InChI=1S/C8H16N2O2S/c1-7(11)6-9-10-8-2-4-13(12)5-3-8/h7,9,11H,2-6H2,1H3. The van der Waals surface area contributed by atoms with Gasteiger partial charge in [-0.25, -0.2) is 0 Å². The maximum absolute atomic E-state index is 11.0. The first-order valence-electron chi connectivity index (χ1n) is 4.50. The predicted molar refractivity (Wildman–Crippen MR) is 54.2 cm³/mol. The quantitative estimate of drug-likeness (QED) is 0.629. The molecular formula is C8H16N2O2S. The van der Waals surface area contributed by atoms with Crippen LogP contribution in [0.5, 0.6) is 0 Å². The Labute approximate surface area is 80.9 Å². The SMILES string of the molecule is CC(O)CNN=C1CCS(=O)CC1. The molecular weight excluding hydrogens is 188 g/mol.